The molecule has 0 spiro atoms. The molecule has 0 aromatic heterocycles. The number of nitrogens with one attached hydrogen (secondary N) is 1. The van der Waals surface area contributed by atoms with Crippen molar-refractivity contribution in [1.29, 1.82) is 0 Å². The van der Waals surface area contributed by atoms with Crippen LogP contribution in [0.2, 0.25) is 10.0 Å². The molecule has 1 rings (SSSR count). The first kappa shape index (κ1) is 18.7. The van der Waals surface area contributed by atoms with Crippen molar-refractivity contribution in [3.63, 3.8) is 0 Å². The highest BCUT2D eigenvalue weighted by molar-refractivity contribution is 6.35. The molecular formula is C17H26Cl2FN. The van der Waals surface area contributed by atoms with E-state index < -0.39 is 5.82 Å². The van der Waals surface area contributed by atoms with Gasteiger partial charge in [-0.05, 0) is 36.5 Å². The molecule has 1 unspecified atom stereocenters. The molecule has 0 heterocycles. The Morgan fingerprint density at radius 3 is 2.48 bits per heavy atom. The van der Waals surface area contributed by atoms with Crippen LogP contribution in [-0.2, 0) is 0 Å². The van der Waals surface area contributed by atoms with E-state index in [0.29, 0.717) is 5.02 Å². The monoisotopic (exact) mass is 333 g/mol. The summed E-state index contributed by atoms with van der Waals surface area (Å²) in [4.78, 5) is 0. The van der Waals surface area contributed by atoms with Crippen molar-refractivity contribution in [2.75, 3.05) is 6.54 Å². The minimum atomic E-state index is -0.424. The van der Waals surface area contributed by atoms with Crippen LogP contribution in [0, 0.1) is 11.2 Å². The Morgan fingerprint density at radius 1 is 1.19 bits per heavy atom. The number of benzene rings is 1. The van der Waals surface area contributed by atoms with Crippen molar-refractivity contribution in [2.24, 2.45) is 5.41 Å². The molecule has 0 bridgehead atoms. The minimum absolute atomic E-state index is 0.00489. The van der Waals surface area contributed by atoms with E-state index in [-0.39, 0.29) is 16.5 Å². The maximum Gasteiger partial charge on any atom is 0.142 e. The average Bonchev–Trinajstić information content (AvgIpc) is 2.40. The van der Waals surface area contributed by atoms with Crippen LogP contribution in [0.1, 0.15) is 65.0 Å². The first-order valence-electron chi connectivity index (χ1n) is 7.64. The van der Waals surface area contributed by atoms with Crippen molar-refractivity contribution < 1.29 is 4.39 Å². The lowest BCUT2D eigenvalue weighted by Crippen LogP contribution is -2.31. The van der Waals surface area contributed by atoms with Gasteiger partial charge >= 0.3 is 0 Å². The quantitative estimate of drug-likeness (QED) is 0.429. The van der Waals surface area contributed by atoms with Crippen LogP contribution >= 0.6 is 23.2 Å². The fourth-order valence-electron chi connectivity index (χ4n) is 2.35. The van der Waals surface area contributed by atoms with Crippen molar-refractivity contribution >= 4 is 23.2 Å². The van der Waals surface area contributed by atoms with Crippen LogP contribution in [0.25, 0.3) is 0 Å². The Labute approximate surface area is 138 Å². The molecule has 21 heavy (non-hydrogen) atoms. The molecule has 1 aromatic carbocycles. The van der Waals surface area contributed by atoms with Gasteiger partial charge < -0.3 is 5.32 Å². The van der Waals surface area contributed by atoms with Gasteiger partial charge in [-0.15, -0.1) is 0 Å². The number of hydrogen-bond donors (Lipinski definition) is 1. The summed E-state index contributed by atoms with van der Waals surface area (Å²) in [6.07, 6.45) is 4.94. The van der Waals surface area contributed by atoms with Crippen molar-refractivity contribution in [3.05, 3.63) is 33.6 Å². The molecule has 1 aromatic rings. The van der Waals surface area contributed by atoms with Crippen molar-refractivity contribution in [2.45, 2.75) is 59.4 Å². The summed E-state index contributed by atoms with van der Waals surface area (Å²) in [7, 11) is 0. The second-order valence-electron chi connectivity index (χ2n) is 6.51. The Kier molecular flexibility index (Phi) is 7.46. The summed E-state index contributed by atoms with van der Waals surface area (Å²) in [6, 6.07) is 2.89. The molecule has 0 saturated carbocycles. The van der Waals surface area contributed by atoms with Crippen LogP contribution in [0.3, 0.4) is 0 Å². The molecule has 4 heteroatoms. The molecule has 120 valence electrons. The zero-order valence-electron chi connectivity index (χ0n) is 13.4. The third-order valence-electron chi connectivity index (χ3n) is 3.85. The lowest BCUT2D eigenvalue weighted by atomic mass is 9.86. The van der Waals surface area contributed by atoms with Crippen LogP contribution in [-0.4, -0.2) is 6.54 Å². The highest BCUT2D eigenvalue weighted by Gasteiger charge is 2.20. The fraction of sp³-hybridized carbons (Fsp3) is 0.647. The van der Waals surface area contributed by atoms with Crippen LogP contribution in [0.4, 0.5) is 4.39 Å². The van der Waals surface area contributed by atoms with Gasteiger partial charge in [0, 0.05) is 17.6 Å². The molecular weight excluding hydrogens is 308 g/mol. The predicted molar refractivity (Wildman–Crippen MR) is 90.8 cm³/mol. The van der Waals surface area contributed by atoms with E-state index in [4.69, 9.17) is 23.2 Å². The normalized spacial score (nSPS) is 13.5. The molecule has 0 fully saturated rings. The lowest BCUT2D eigenvalue weighted by molar-refractivity contribution is 0.291. The van der Waals surface area contributed by atoms with Gasteiger partial charge in [-0.2, -0.15) is 0 Å². The lowest BCUT2D eigenvalue weighted by Gasteiger charge is -2.28. The Morgan fingerprint density at radius 2 is 1.86 bits per heavy atom. The summed E-state index contributed by atoms with van der Waals surface area (Å²) in [6.45, 7) is 9.60. The third-order valence-corrected chi connectivity index (χ3v) is 4.47. The highest BCUT2D eigenvalue weighted by atomic mass is 35.5. The molecule has 0 amide bonds. The standard InChI is InChI=1S/C17H26Cl2FN/c1-5-6-7-8-17(3,4)11-21-12(2)13-9-16(20)15(19)10-14(13)18/h9-10,12,21H,5-8,11H2,1-4H3. The first-order valence-corrected chi connectivity index (χ1v) is 8.40. The molecule has 0 radical (unpaired) electrons. The minimum Gasteiger partial charge on any atom is -0.310 e. The number of hydrogen-bond acceptors (Lipinski definition) is 1. The molecule has 0 aliphatic carbocycles. The van der Waals surface area contributed by atoms with E-state index in [9.17, 15) is 4.39 Å². The summed E-state index contributed by atoms with van der Waals surface area (Å²) >= 11 is 11.9. The average molecular weight is 334 g/mol. The van der Waals surface area contributed by atoms with Gasteiger partial charge in [0.1, 0.15) is 5.82 Å². The van der Waals surface area contributed by atoms with E-state index in [1.807, 2.05) is 6.92 Å². The van der Waals surface area contributed by atoms with Crippen LogP contribution < -0.4 is 5.32 Å². The zero-order valence-corrected chi connectivity index (χ0v) is 14.9. The Hall–Kier alpha value is -0.310. The third kappa shape index (κ3) is 6.14. The van der Waals surface area contributed by atoms with Gasteiger partial charge in [-0.1, -0.05) is 63.2 Å². The van der Waals surface area contributed by atoms with Gasteiger partial charge in [0.15, 0.2) is 0 Å². The molecule has 1 nitrogen and oxygen atoms in total. The van der Waals surface area contributed by atoms with Gasteiger partial charge in [0.05, 0.1) is 5.02 Å². The SMILES string of the molecule is CCCCCC(C)(C)CNC(C)c1cc(F)c(Cl)cc1Cl. The topological polar surface area (TPSA) is 12.0 Å². The molecule has 0 saturated heterocycles. The maximum absolute atomic E-state index is 13.6. The van der Waals surface area contributed by atoms with Gasteiger partial charge in [-0.3, -0.25) is 0 Å². The second-order valence-corrected chi connectivity index (χ2v) is 7.33. The largest absolute Gasteiger partial charge is 0.310 e. The molecule has 1 N–H and O–H groups in total. The first-order chi connectivity index (χ1) is 9.76. The van der Waals surface area contributed by atoms with E-state index in [1.165, 1.54) is 37.8 Å². The predicted octanol–water partition coefficient (Wildman–Crippen LogP) is 6.39. The van der Waals surface area contributed by atoms with E-state index in [2.05, 4.69) is 26.1 Å². The number of halogens is 3. The smallest absolute Gasteiger partial charge is 0.142 e. The van der Waals surface area contributed by atoms with Crippen molar-refractivity contribution in [1.82, 2.24) is 5.32 Å². The van der Waals surface area contributed by atoms with E-state index in [1.54, 1.807) is 0 Å². The van der Waals surface area contributed by atoms with Gasteiger partial charge in [0.25, 0.3) is 0 Å². The van der Waals surface area contributed by atoms with Gasteiger partial charge in [-0.25, -0.2) is 4.39 Å². The van der Waals surface area contributed by atoms with E-state index in [0.717, 1.165) is 12.1 Å². The number of rotatable bonds is 8. The Balaban J connectivity index is 2.61. The van der Waals surface area contributed by atoms with Gasteiger partial charge in [0.2, 0.25) is 0 Å². The zero-order chi connectivity index (χ0) is 16.0. The molecule has 0 aliphatic rings. The van der Waals surface area contributed by atoms with Crippen LogP contribution in [0.5, 0.6) is 0 Å². The number of unbranched alkanes of at least 4 members (excludes halogenated alkanes) is 2. The summed E-state index contributed by atoms with van der Waals surface area (Å²) in [5, 5.41) is 4.03. The summed E-state index contributed by atoms with van der Waals surface area (Å²) in [5.74, 6) is -0.424. The van der Waals surface area contributed by atoms with Crippen molar-refractivity contribution in [3.8, 4) is 0 Å². The Bertz CT molecular complexity index is 460. The molecule has 0 aliphatic heterocycles. The maximum atomic E-state index is 13.6. The fourth-order valence-corrected chi connectivity index (χ4v) is 2.90. The second kappa shape index (κ2) is 8.36. The molecule has 1 atom stereocenters. The van der Waals surface area contributed by atoms with Crippen LogP contribution in [0.15, 0.2) is 12.1 Å². The summed E-state index contributed by atoms with van der Waals surface area (Å²) < 4.78 is 13.6. The summed E-state index contributed by atoms with van der Waals surface area (Å²) in [5.41, 5.74) is 0.976. The highest BCUT2D eigenvalue weighted by Crippen LogP contribution is 2.30. The van der Waals surface area contributed by atoms with E-state index >= 15 is 0 Å².